The van der Waals surface area contributed by atoms with Crippen LogP contribution in [-0.4, -0.2) is 16.9 Å². The maximum absolute atomic E-state index is 12.6. The molecule has 1 unspecified atom stereocenters. The number of amides is 1. The van der Waals surface area contributed by atoms with Crippen molar-refractivity contribution in [3.63, 3.8) is 0 Å². The van der Waals surface area contributed by atoms with Crippen LogP contribution in [0.4, 0.5) is 11.4 Å². The van der Waals surface area contributed by atoms with Gasteiger partial charge in [-0.05, 0) is 43.9 Å². The largest absolute Gasteiger partial charge is 0.381 e. The lowest BCUT2D eigenvalue weighted by molar-refractivity contribution is 0.102. The van der Waals surface area contributed by atoms with E-state index in [9.17, 15) is 4.79 Å². The lowest BCUT2D eigenvalue weighted by atomic mass is 10.1. The van der Waals surface area contributed by atoms with E-state index in [4.69, 9.17) is 0 Å². The van der Waals surface area contributed by atoms with Gasteiger partial charge in [0.1, 0.15) is 0 Å². The highest BCUT2D eigenvalue weighted by molar-refractivity contribution is 6.05. The second-order valence-corrected chi connectivity index (χ2v) is 5.83. The SMILES string of the molecule is CCc1cccc(C)c1NC(=O)c1cncc(NC(C)CC)c1. The molecule has 0 aliphatic heterocycles. The van der Waals surface area contributed by atoms with Crippen LogP contribution in [-0.2, 0) is 6.42 Å². The summed E-state index contributed by atoms with van der Waals surface area (Å²) in [7, 11) is 0. The molecular formula is C19H25N3O. The minimum atomic E-state index is -0.130. The molecule has 0 radical (unpaired) electrons. The standard InChI is InChI=1S/C19H25N3O/c1-5-14(4)21-17-10-16(11-20-12-17)19(23)22-18-13(3)8-7-9-15(18)6-2/h7-12,14,21H,5-6H2,1-4H3,(H,22,23). The first-order valence-electron chi connectivity index (χ1n) is 8.16. The van der Waals surface area contributed by atoms with Crippen LogP contribution in [0.5, 0.6) is 0 Å². The number of carbonyl (C=O) groups is 1. The first-order chi connectivity index (χ1) is 11.0. The number of pyridine rings is 1. The fraction of sp³-hybridized carbons (Fsp3) is 0.368. The van der Waals surface area contributed by atoms with Gasteiger partial charge in [-0.25, -0.2) is 0 Å². The van der Waals surface area contributed by atoms with Crippen LogP contribution >= 0.6 is 0 Å². The van der Waals surface area contributed by atoms with Crippen molar-refractivity contribution in [2.45, 2.75) is 46.6 Å². The number of nitrogens with one attached hydrogen (secondary N) is 2. The zero-order chi connectivity index (χ0) is 16.8. The molecule has 0 aliphatic carbocycles. The molecular weight excluding hydrogens is 286 g/mol. The summed E-state index contributed by atoms with van der Waals surface area (Å²) in [5.41, 5.74) is 4.54. The minimum absolute atomic E-state index is 0.130. The van der Waals surface area contributed by atoms with Gasteiger partial charge in [0.25, 0.3) is 5.91 Å². The highest BCUT2D eigenvalue weighted by Gasteiger charge is 2.12. The van der Waals surface area contributed by atoms with E-state index in [0.29, 0.717) is 11.6 Å². The molecule has 23 heavy (non-hydrogen) atoms. The normalized spacial score (nSPS) is 11.8. The predicted molar refractivity (Wildman–Crippen MR) is 96.1 cm³/mol. The van der Waals surface area contributed by atoms with E-state index in [1.807, 2.05) is 31.2 Å². The predicted octanol–water partition coefficient (Wildman–Crippen LogP) is 4.42. The van der Waals surface area contributed by atoms with E-state index >= 15 is 0 Å². The summed E-state index contributed by atoms with van der Waals surface area (Å²) in [5.74, 6) is -0.130. The Labute approximate surface area is 138 Å². The molecule has 0 bridgehead atoms. The summed E-state index contributed by atoms with van der Waals surface area (Å²) in [6.45, 7) is 8.32. The average Bonchev–Trinajstić information content (AvgIpc) is 2.56. The van der Waals surface area contributed by atoms with Crippen molar-refractivity contribution < 1.29 is 4.79 Å². The van der Waals surface area contributed by atoms with E-state index in [-0.39, 0.29) is 5.91 Å². The van der Waals surface area contributed by atoms with Gasteiger partial charge in [-0.15, -0.1) is 0 Å². The van der Waals surface area contributed by atoms with Gasteiger partial charge in [0.05, 0.1) is 11.3 Å². The molecule has 1 heterocycles. The Morgan fingerprint density at radius 2 is 2.04 bits per heavy atom. The van der Waals surface area contributed by atoms with Gasteiger partial charge >= 0.3 is 0 Å². The molecule has 0 spiro atoms. The monoisotopic (exact) mass is 311 g/mol. The summed E-state index contributed by atoms with van der Waals surface area (Å²) >= 11 is 0. The van der Waals surface area contributed by atoms with Gasteiger partial charge < -0.3 is 10.6 Å². The van der Waals surface area contributed by atoms with Crippen molar-refractivity contribution in [3.05, 3.63) is 53.3 Å². The van der Waals surface area contributed by atoms with Crippen molar-refractivity contribution in [3.8, 4) is 0 Å². The molecule has 1 aromatic heterocycles. The first kappa shape index (κ1) is 17.0. The second kappa shape index (κ2) is 7.77. The average molecular weight is 311 g/mol. The van der Waals surface area contributed by atoms with E-state index in [1.165, 1.54) is 0 Å². The van der Waals surface area contributed by atoms with Crippen LogP contribution in [0.15, 0.2) is 36.7 Å². The highest BCUT2D eigenvalue weighted by Crippen LogP contribution is 2.22. The zero-order valence-electron chi connectivity index (χ0n) is 14.3. The topological polar surface area (TPSA) is 54.0 Å². The van der Waals surface area contributed by atoms with Gasteiger partial charge in [-0.2, -0.15) is 0 Å². The van der Waals surface area contributed by atoms with Crippen LogP contribution in [0.25, 0.3) is 0 Å². The second-order valence-electron chi connectivity index (χ2n) is 5.83. The van der Waals surface area contributed by atoms with Gasteiger partial charge in [-0.3, -0.25) is 9.78 Å². The zero-order valence-corrected chi connectivity index (χ0v) is 14.3. The van der Waals surface area contributed by atoms with Gasteiger partial charge in [-0.1, -0.05) is 32.0 Å². The van der Waals surface area contributed by atoms with Crippen molar-refractivity contribution >= 4 is 17.3 Å². The number of rotatable bonds is 6. The lowest BCUT2D eigenvalue weighted by Gasteiger charge is -2.15. The van der Waals surface area contributed by atoms with Crippen LogP contribution in [0.2, 0.25) is 0 Å². The summed E-state index contributed by atoms with van der Waals surface area (Å²) in [4.78, 5) is 16.7. The number of aryl methyl sites for hydroxylation is 2. The van der Waals surface area contributed by atoms with E-state index < -0.39 is 0 Å². The molecule has 122 valence electrons. The van der Waals surface area contributed by atoms with Gasteiger partial charge in [0.15, 0.2) is 0 Å². The van der Waals surface area contributed by atoms with Crippen LogP contribution in [0.3, 0.4) is 0 Å². The molecule has 1 amide bonds. The molecule has 1 atom stereocenters. The Balaban J connectivity index is 2.20. The number of hydrogen-bond acceptors (Lipinski definition) is 3. The quantitative estimate of drug-likeness (QED) is 0.830. The first-order valence-corrected chi connectivity index (χ1v) is 8.16. The van der Waals surface area contributed by atoms with Crippen molar-refractivity contribution in [2.24, 2.45) is 0 Å². The van der Waals surface area contributed by atoms with Crippen LogP contribution < -0.4 is 10.6 Å². The molecule has 0 fully saturated rings. The Bertz CT molecular complexity index is 682. The van der Waals surface area contributed by atoms with E-state index in [0.717, 1.165) is 35.3 Å². The maximum Gasteiger partial charge on any atom is 0.257 e. The summed E-state index contributed by atoms with van der Waals surface area (Å²) in [6, 6.07) is 8.26. The molecule has 0 aliphatic rings. The van der Waals surface area contributed by atoms with Crippen molar-refractivity contribution in [1.29, 1.82) is 0 Å². The summed E-state index contributed by atoms with van der Waals surface area (Å²) in [6.07, 6.45) is 5.24. The molecule has 2 N–H and O–H groups in total. The molecule has 0 saturated carbocycles. The molecule has 1 aromatic carbocycles. The van der Waals surface area contributed by atoms with E-state index in [2.05, 4.69) is 36.4 Å². The summed E-state index contributed by atoms with van der Waals surface area (Å²) < 4.78 is 0. The smallest absolute Gasteiger partial charge is 0.257 e. The Kier molecular flexibility index (Phi) is 5.74. The number of hydrogen-bond donors (Lipinski definition) is 2. The molecule has 2 aromatic rings. The Hall–Kier alpha value is -2.36. The lowest BCUT2D eigenvalue weighted by Crippen LogP contribution is -2.17. The number of benzene rings is 1. The maximum atomic E-state index is 12.6. The number of nitrogens with zero attached hydrogens (tertiary/aromatic N) is 1. The molecule has 4 heteroatoms. The fourth-order valence-electron chi connectivity index (χ4n) is 2.42. The Morgan fingerprint density at radius 3 is 2.74 bits per heavy atom. The minimum Gasteiger partial charge on any atom is -0.381 e. The van der Waals surface area contributed by atoms with Crippen LogP contribution in [0, 0.1) is 6.92 Å². The van der Waals surface area contributed by atoms with E-state index in [1.54, 1.807) is 12.4 Å². The van der Waals surface area contributed by atoms with Gasteiger partial charge in [0, 0.05) is 24.1 Å². The van der Waals surface area contributed by atoms with Crippen LogP contribution in [0.1, 0.15) is 48.7 Å². The molecule has 4 nitrogen and oxygen atoms in total. The highest BCUT2D eigenvalue weighted by atomic mass is 16.1. The third-order valence-electron chi connectivity index (χ3n) is 4.00. The third-order valence-corrected chi connectivity index (χ3v) is 4.00. The third kappa shape index (κ3) is 4.31. The summed E-state index contributed by atoms with van der Waals surface area (Å²) in [5, 5.41) is 6.38. The van der Waals surface area contributed by atoms with Crippen molar-refractivity contribution in [2.75, 3.05) is 10.6 Å². The number of para-hydroxylation sites is 1. The number of carbonyl (C=O) groups excluding carboxylic acids is 1. The molecule has 0 saturated heterocycles. The van der Waals surface area contributed by atoms with Crippen molar-refractivity contribution in [1.82, 2.24) is 4.98 Å². The number of anilines is 2. The van der Waals surface area contributed by atoms with Gasteiger partial charge in [0.2, 0.25) is 0 Å². The fourth-order valence-corrected chi connectivity index (χ4v) is 2.42. The Morgan fingerprint density at radius 1 is 1.26 bits per heavy atom. The number of aromatic nitrogens is 1. The molecule has 2 rings (SSSR count).